The Morgan fingerprint density at radius 1 is 1.07 bits per heavy atom. The Kier molecular flexibility index (Phi) is 3.79. The Hall–Kier alpha value is -0.820. The second-order valence-electron chi connectivity index (χ2n) is 4.62. The fraction of sp³-hybridized carbons (Fsp3) is 0.571. The van der Waals surface area contributed by atoms with Gasteiger partial charge in [-0.15, -0.1) is 0 Å². The summed E-state index contributed by atoms with van der Waals surface area (Å²) in [4.78, 5) is 0. The van der Waals surface area contributed by atoms with E-state index in [0.29, 0.717) is 0 Å². The number of benzene rings is 1. The van der Waals surface area contributed by atoms with Crippen LogP contribution in [0.1, 0.15) is 49.1 Å². The van der Waals surface area contributed by atoms with Crippen molar-refractivity contribution in [1.82, 2.24) is 0 Å². The molecule has 0 radical (unpaired) electrons. The minimum absolute atomic E-state index is 0.820. The van der Waals surface area contributed by atoms with Crippen molar-refractivity contribution in [2.75, 3.05) is 6.54 Å². The van der Waals surface area contributed by atoms with Crippen LogP contribution in [-0.2, 0) is 6.42 Å². The normalized spacial score (nSPS) is 16.3. The van der Waals surface area contributed by atoms with E-state index in [1.807, 2.05) is 0 Å². The highest BCUT2D eigenvalue weighted by molar-refractivity contribution is 5.26. The van der Waals surface area contributed by atoms with Crippen molar-refractivity contribution < 1.29 is 0 Å². The van der Waals surface area contributed by atoms with Crippen LogP contribution in [0.4, 0.5) is 0 Å². The third-order valence-electron chi connectivity index (χ3n) is 3.48. The molecule has 1 aromatic rings. The minimum Gasteiger partial charge on any atom is -0.330 e. The molecule has 1 aromatic carbocycles. The molecular formula is C14H21N. The first kappa shape index (κ1) is 10.7. The molecule has 1 aliphatic rings. The highest BCUT2D eigenvalue weighted by atomic mass is 14.5. The summed E-state index contributed by atoms with van der Waals surface area (Å²) in [7, 11) is 0. The van der Waals surface area contributed by atoms with Gasteiger partial charge in [-0.2, -0.15) is 0 Å². The highest BCUT2D eigenvalue weighted by Gasteiger charge is 2.18. The van der Waals surface area contributed by atoms with E-state index in [-0.39, 0.29) is 0 Å². The maximum atomic E-state index is 5.48. The fourth-order valence-electron chi connectivity index (χ4n) is 2.17. The smallest absolute Gasteiger partial charge is 0.00772 e. The van der Waals surface area contributed by atoms with Crippen molar-refractivity contribution in [3.05, 3.63) is 35.4 Å². The van der Waals surface area contributed by atoms with Gasteiger partial charge in [0.25, 0.3) is 0 Å². The van der Waals surface area contributed by atoms with Gasteiger partial charge in [-0.1, -0.05) is 30.7 Å². The lowest BCUT2D eigenvalue weighted by Crippen LogP contribution is -2.08. The predicted octanol–water partition coefficient (Wildman–Crippen LogP) is 3.24. The average molecular weight is 203 g/mol. The van der Waals surface area contributed by atoms with E-state index in [1.165, 1.54) is 37.7 Å². The standard InChI is InChI=1S/C14H21N/c15-11-2-1-4-12-7-9-14(10-8-12)13-5-3-6-13/h7-10,13H,1-6,11,15H2. The summed E-state index contributed by atoms with van der Waals surface area (Å²) < 4.78 is 0. The topological polar surface area (TPSA) is 26.0 Å². The SMILES string of the molecule is NCCCCc1ccc(C2CCC2)cc1. The molecule has 0 atom stereocenters. The summed E-state index contributed by atoms with van der Waals surface area (Å²) in [5.74, 6) is 0.864. The Morgan fingerprint density at radius 3 is 2.33 bits per heavy atom. The molecule has 15 heavy (non-hydrogen) atoms. The number of unbranched alkanes of at least 4 members (excludes halogenated alkanes) is 1. The van der Waals surface area contributed by atoms with Gasteiger partial charge in [0.2, 0.25) is 0 Å². The van der Waals surface area contributed by atoms with Crippen LogP contribution in [0.3, 0.4) is 0 Å². The van der Waals surface area contributed by atoms with Crippen LogP contribution in [0.25, 0.3) is 0 Å². The van der Waals surface area contributed by atoms with Gasteiger partial charge in [-0.05, 0) is 55.7 Å². The van der Waals surface area contributed by atoms with Crippen molar-refractivity contribution in [3.63, 3.8) is 0 Å². The maximum absolute atomic E-state index is 5.48. The molecule has 1 saturated carbocycles. The number of nitrogens with two attached hydrogens (primary N) is 1. The van der Waals surface area contributed by atoms with Gasteiger partial charge in [-0.3, -0.25) is 0 Å². The summed E-state index contributed by atoms with van der Waals surface area (Å²) in [6.07, 6.45) is 7.76. The van der Waals surface area contributed by atoms with Crippen LogP contribution >= 0.6 is 0 Å². The van der Waals surface area contributed by atoms with E-state index in [9.17, 15) is 0 Å². The summed E-state index contributed by atoms with van der Waals surface area (Å²) in [5.41, 5.74) is 8.49. The van der Waals surface area contributed by atoms with Gasteiger partial charge in [0.05, 0.1) is 0 Å². The van der Waals surface area contributed by atoms with E-state index in [0.717, 1.165) is 18.9 Å². The second-order valence-corrected chi connectivity index (χ2v) is 4.62. The van der Waals surface area contributed by atoms with Gasteiger partial charge >= 0.3 is 0 Å². The molecule has 2 N–H and O–H groups in total. The lowest BCUT2D eigenvalue weighted by atomic mass is 9.80. The quantitative estimate of drug-likeness (QED) is 0.730. The van der Waals surface area contributed by atoms with Gasteiger partial charge in [-0.25, -0.2) is 0 Å². The van der Waals surface area contributed by atoms with E-state index in [4.69, 9.17) is 5.73 Å². The Balaban J connectivity index is 1.86. The van der Waals surface area contributed by atoms with Crippen LogP contribution < -0.4 is 5.73 Å². The zero-order valence-electron chi connectivity index (χ0n) is 9.41. The molecule has 0 aliphatic heterocycles. The van der Waals surface area contributed by atoms with Gasteiger partial charge in [0.1, 0.15) is 0 Å². The monoisotopic (exact) mass is 203 g/mol. The van der Waals surface area contributed by atoms with Crippen molar-refractivity contribution in [1.29, 1.82) is 0 Å². The third-order valence-corrected chi connectivity index (χ3v) is 3.48. The van der Waals surface area contributed by atoms with E-state index < -0.39 is 0 Å². The molecule has 0 unspecified atom stereocenters. The van der Waals surface area contributed by atoms with Crippen molar-refractivity contribution in [2.45, 2.75) is 44.4 Å². The Bertz CT molecular complexity index is 285. The first-order valence-corrected chi connectivity index (χ1v) is 6.19. The van der Waals surface area contributed by atoms with E-state index in [1.54, 1.807) is 5.56 Å². The number of hydrogen-bond donors (Lipinski definition) is 1. The zero-order chi connectivity index (χ0) is 10.5. The highest BCUT2D eigenvalue weighted by Crippen LogP contribution is 2.36. The average Bonchev–Trinajstić information content (AvgIpc) is 2.18. The largest absolute Gasteiger partial charge is 0.330 e. The minimum atomic E-state index is 0.820. The van der Waals surface area contributed by atoms with Gasteiger partial charge in [0.15, 0.2) is 0 Å². The molecule has 0 saturated heterocycles. The molecule has 0 bridgehead atoms. The fourth-order valence-corrected chi connectivity index (χ4v) is 2.17. The molecule has 82 valence electrons. The van der Waals surface area contributed by atoms with E-state index >= 15 is 0 Å². The zero-order valence-corrected chi connectivity index (χ0v) is 9.41. The lowest BCUT2D eigenvalue weighted by molar-refractivity contribution is 0.419. The van der Waals surface area contributed by atoms with Crippen LogP contribution in [0.2, 0.25) is 0 Å². The first-order valence-electron chi connectivity index (χ1n) is 6.19. The number of rotatable bonds is 5. The van der Waals surface area contributed by atoms with Crippen LogP contribution in [0, 0.1) is 0 Å². The summed E-state index contributed by atoms with van der Waals surface area (Å²) in [6.45, 7) is 0.820. The summed E-state index contributed by atoms with van der Waals surface area (Å²) in [6, 6.07) is 9.23. The van der Waals surface area contributed by atoms with Crippen molar-refractivity contribution in [3.8, 4) is 0 Å². The lowest BCUT2D eigenvalue weighted by Gasteiger charge is -2.25. The molecule has 1 heteroatoms. The molecule has 0 heterocycles. The summed E-state index contributed by atoms with van der Waals surface area (Å²) in [5, 5.41) is 0. The molecule has 0 amide bonds. The number of aryl methyl sites for hydroxylation is 1. The number of hydrogen-bond acceptors (Lipinski definition) is 1. The molecule has 2 rings (SSSR count). The molecule has 1 aliphatic carbocycles. The third kappa shape index (κ3) is 2.82. The molecule has 0 spiro atoms. The Morgan fingerprint density at radius 2 is 1.80 bits per heavy atom. The van der Waals surface area contributed by atoms with Crippen molar-refractivity contribution in [2.24, 2.45) is 5.73 Å². The Labute approximate surface area is 92.7 Å². The summed E-state index contributed by atoms with van der Waals surface area (Å²) >= 11 is 0. The van der Waals surface area contributed by atoms with Crippen LogP contribution in [-0.4, -0.2) is 6.54 Å². The predicted molar refractivity (Wildman–Crippen MR) is 65.0 cm³/mol. The van der Waals surface area contributed by atoms with Gasteiger partial charge < -0.3 is 5.73 Å². The molecular weight excluding hydrogens is 182 g/mol. The molecule has 1 nitrogen and oxygen atoms in total. The maximum Gasteiger partial charge on any atom is -0.00772 e. The van der Waals surface area contributed by atoms with Crippen LogP contribution in [0.15, 0.2) is 24.3 Å². The van der Waals surface area contributed by atoms with E-state index in [2.05, 4.69) is 24.3 Å². The van der Waals surface area contributed by atoms with Crippen molar-refractivity contribution >= 4 is 0 Å². The molecule has 0 aromatic heterocycles. The van der Waals surface area contributed by atoms with Gasteiger partial charge in [0, 0.05) is 0 Å². The molecule has 1 fully saturated rings. The van der Waals surface area contributed by atoms with Crippen LogP contribution in [0.5, 0.6) is 0 Å². The second kappa shape index (κ2) is 5.32. The first-order chi connectivity index (χ1) is 7.40.